The zero-order valence-corrected chi connectivity index (χ0v) is 13.0. The second-order valence-corrected chi connectivity index (χ2v) is 6.66. The van der Waals surface area contributed by atoms with Gasteiger partial charge in [-0.15, -0.1) is 11.3 Å². The van der Waals surface area contributed by atoms with Crippen LogP contribution in [0.3, 0.4) is 0 Å². The highest BCUT2D eigenvalue weighted by Crippen LogP contribution is 2.30. The molecule has 0 aliphatic carbocycles. The Labute approximate surface area is 127 Å². The van der Waals surface area contributed by atoms with Crippen molar-refractivity contribution in [2.45, 2.75) is 39.2 Å². The van der Waals surface area contributed by atoms with Crippen LogP contribution in [0.15, 0.2) is 5.38 Å². The molecule has 2 rings (SSSR count). The number of rotatable bonds is 6. The molecule has 1 atom stereocenters. The summed E-state index contributed by atoms with van der Waals surface area (Å²) in [5.74, 6) is -1.14. The van der Waals surface area contributed by atoms with Gasteiger partial charge < -0.3 is 15.2 Å². The Morgan fingerprint density at radius 3 is 2.95 bits per heavy atom. The number of aromatic nitrogens is 1. The molecule has 1 aliphatic heterocycles. The molecule has 0 spiro atoms. The lowest BCUT2D eigenvalue weighted by Crippen LogP contribution is -2.32. The molecule has 1 unspecified atom stereocenters. The van der Waals surface area contributed by atoms with E-state index in [0.717, 1.165) is 24.5 Å². The van der Waals surface area contributed by atoms with Crippen LogP contribution in [0.1, 0.15) is 54.7 Å². The number of ether oxygens (including phenoxy) is 1. The van der Waals surface area contributed by atoms with E-state index in [1.54, 1.807) is 19.2 Å². The second-order valence-electron chi connectivity index (χ2n) is 5.77. The molecule has 2 heterocycles. The summed E-state index contributed by atoms with van der Waals surface area (Å²) in [4.78, 5) is 27.3. The standard InChI is InChI=1S/C14H20N2O4S/c1-14(2,13(18)19)5-6-15-11(17)9-8-21-12(16-9)10-4-3-7-20-10/h8,10H,3-7H2,1-2H3,(H,15,17)(H,18,19). The molecule has 1 aliphatic rings. The van der Waals surface area contributed by atoms with Crippen LogP contribution in [0.5, 0.6) is 0 Å². The molecular weight excluding hydrogens is 292 g/mol. The van der Waals surface area contributed by atoms with Crippen LogP contribution >= 0.6 is 11.3 Å². The molecule has 7 heteroatoms. The van der Waals surface area contributed by atoms with Crippen molar-refractivity contribution >= 4 is 23.2 Å². The Kier molecular flexibility index (Phi) is 4.95. The van der Waals surface area contributed by atoms with Crippen molar-refractivity contribution in [2.75, 3.05) is 13.2 Å². The van der Waals surface area contributed by atoms with Crippen molar-refractivity contribution in [3.63, 3.8) is 0 Å². The third-order valence-corrected chi connectivity index (χ3v) is 4.51. The number of aliphatic carboxylic acids is 1. The molecule has 21 heavy (non-hydrogen) atoms. The molecule has 2 N–H and O–H groups in total. The van der Waals surface area contributed by atoms with Gasteiger partial charge in [-0.05, 0) is 33.1 Å². The number of carbonyl (C=O) groups excluding carboxylic acids is 1. The van der Waals surface area contributed by atoms with Crippen LogP contribution in [-0.2, 0) is 9.53 Å². The molecule has 0 radical (unpaired) electrons. The van der Waals surface area contributed by atoms with Gasteiger partial charge in [-0.1, -0.05) is 0 Å². The van der Waals surface area contributed by atoms with Crippen molar-refractivity contribution in [3.8, 4) is 0 Å². The smallest absolute Gasteiger partial charge is 0.309 e. The van der Waals surface area contributed by atoms with E-state index in [4.69, 9.17) is 9.84 Å². The Hall–Kier alpha value is -1.47. The number of thiazole rings is 1. The van der Waals surface area contributed by atoms with Gasteiger partial charge in [-0.2, -0.15) is 0 Å². The van der Waals surface area contributed by atoms with Crippen molar-refractivity contribution in [1.29, 1.82) is 0 Å². The molecular formula is C14H20N2O4S. The average molecular weight is 312 g/mol. The van der Waals surface area contributed by atoms with E-state index in [0.29, 0.717) is 18.7 Å². The summed E-state index contributed by atoms with van der Waals surface area (Å²) >= 11 is 1.43. The number of hydrogen-bond donors (Lipinski definition) is 2. The van der Waals surface area contributed by atoms with Crippen LogP contribution in [0.2, 0.25) is 0 Å². The van der Waals surface area contributed by atoms with E-state index >= 15 is 0 Å². The predicted molar refractivity (Wildman–Crippen MR) is 78.4 cm³/mol. The van der Waals surface area contributed by atoms with Gasteiger partial charge in [-0.25, -0.2) is 4.98 Å². The number of amides is 1. The van der Waals surface area contributed by atoms with Crippen LogP contribution in [0, 0.1) is 5.41 Å². The van der Waals surface area contributed by atoms with Crippen LogP contribution in [-0.4, -0.2) is 35.1 Å². The molecule has 0 aromatic carbocycles. The summed E-state index contributed by atoms with van der Waals surface area (Å²) < 4.78 is 5.54. The lowest BCUT2D eigenvalue weighted by Gasteiger charge is -2.18. The van der Waals surface area contributed by atoms with Gasteiger partial charge in [0.05, 0.1) is 5.41 Å². The molecule has 1 aromatic heterocycles. The highest BCUT2D eigenvalue weighted by molar-refractivity contribution is 7.09. The molecule has 1 saturated heterocycles. The van der Waals surface area contributed by atoms with Crippen molar-refractivity contribution in [1.82, 2.24) is 10.3 Å². The van der Waals surface area contributed by atoms with E-state index in [9.17, 15) is 9.59 Å². The molecule has 1 amide bonds. The summed E-state index contributed by atoms with van der Waals surface area (Å²) in [6.07, 6.45) is 2.36. The maximum Gasteiger partial charge on any atom is 0.309 e. The highest BCUT2D eigenvalue weighted by atomic mass is 32.1. The lowest BCUT2D eigenvalue weighted by atomic mass is 9.90. The van der Waals surface area contributed by atoms with E-state index in [2.05, 4.69) is 10.3 Å². The first-order valence-corrected chi connectivity index (χ1v) is 7.87. The number of nitrogens with one attached hydrogen (secondary N) is 1. The quantitative estimate of drug-likeness (QED) is 0.841. The van der Waals surface area contributed by atoms with Crippen LogP contribution < -0.4 is 5.32 Å². The highest BCUT2D eigenvalue weighted by Gasteiger charge is 2.27. The van der Waals surface area contributed by atoms with Crippen molar-refractivity contribution in [2.24, 2.45) is 5.41 Å². The molecule has 116 valence electrons. The minimum Gasteiger partial charge on any atom is -0.481 e. The van der Waals surface area contributed by atoms with E-state index < -0.39 is 11.4 Å². The van der Waals surface area contributed by atoms with Gasteiger partial charge >= 0.3 is 5.97 Å². The van der Waals surface area contributed by atoms with Gasteiger partial charge in [0.25, 0.3) is 5.91 Å². The molecule has 1 aromatic rings. The van der Waals surface area contributed by atoms with Crippen molar-refractivity contribution < 1.29 is 19.4 Å². The second kappa shape index (κ2) is 6.53. The number of carbonyl (C=O) groups is 2. The average Bonchev–Trinajstić information content (AvgIpc) is 3.09. The van der Waals surface area contributed by atoms with Gasteiger partial charge in [-0.3, -0.25) is 9.59 Å². The fraction of sp³-hybridized carbons (Fsp3) is 0.643. The summed E-state index contributed by atoms with van der Waals surface area (Å²) in [6.45, 7) is 4.33. The fourth-order valence-electron chi connectivity index (χ4n) is 2.00. The minimum absolute atomic E-state index is 0.0162. The zero-order valence-electron chi connectivity index (χ0n) is 12.2. The fourth-order valence-corrected chi connectivity index (χ4v) is 2.88. The normalized spacial score (nSPS) is 18.7. The number of carboxylic acids is 1. The summed E-state index contributed by atoms with van der Waals surface area (Å²) in [5, 5.41) is 14.3. The van der Waals surface area contributed by atoms with Crippen LogP contribution in [0.4, 0.5) is 0 Å². The summed E-state index contributed by atoms with van der Waals surface area (Å²) in [6, 6.07) is 0. The van der Waals surface area contributed by atoms with Gasteiger partial charge in [0.15, 0.2) is 0 Å². The maximum absolute atomic E-state index is 12.0. The number of carboxylic acid groups (broad SMARTS) is 1. The third-order valence-electron chi connectivity index (χ3n) is 3.57. The van der Waals surface area contributed by atoms with Gasteiger partial charge in [0, 0.05) is 18.5 Å². The number of nitrogens with zero attached hydrogens (tertiary/aromatic N) is 1. The summed E-state index contributed by atoms with van der Waals surface area (Å²) in [7, 11) is 0. The monoisotopic (exact) mass is 312 g/mol. The topological polar surface area (TPSA) is 88.5 Å². The van der Waals surface area contributed by atoms with Gasteiger partial charge in [0.2, 0.25) is 0 Å². The Morgan fingerprint density at radius 1 is 1.57 bits per heavy atom. The summed E-state index contributed by atoms with van der Waals surface area (Å²) in [5.41, 5.74) is -0.475. The van der Waals surface area contributed by atoms with E-state index in [1.807, 2.05) is 0 Å². The predicted octanol–water partition coefficient (Wildman–Crippen LogP) is 2.23. The van der Waals surface area contributed by atoms with Crippen LogP contribution in [0.25, 0.3) is 0 Å². The van der Waals surface area contributed by atoms with Crippen molar-refractivity contribution in [3.05, 3.63) is 16.1 Å². The molecule has 0 saturated carbocycles. The minimum atomic E-state index is -0.869. The van der Waals surface area contributed by atoms with E-state index in [-0.39, 0.29) is 12.0 Å². The zero-order chi connectivity index (χ0) is 15.5. The first-order valence-electron chi connectivity index (χ1n) is 6.99. The molecule has 0 bridgehead atoms. The lowest BCUT2D eigenvalue weighted by molar-refractivity contribution is -0.147. The first-order chi connectivity index (χ1) is 9.90. The Bertz CT molecular complexity index is 521. The Morgan fingerprint density at radius 2 is 2.33 bits per heavy atom. The molecule has 1 fully saturated rings. The maximum atomic E-state index is 12.0. The third kappa shape index (κ3) is 4.01. The van der Waals surface area contributed by atoms with Gasteiger partial charge in [0.1, 0.15) is 16.8 Å². The SMILES string of the molecule is CC(C)(CCNC(=O)c1csc(C2CCCO2)n1)C(=O)O. The van der Waals surface area contributed by atoms with E-state index in [1.165, 1.54) is 11.3 Å². The number of hydrogen-bond acceptors (Lipinski definition) is 5. The first kappa shape index (κ1) is 15.9. The Balaban J connectivity index is 1.85. The molecule has 6 nitrogen and oxygen atoms in total. The largest absolute Gasteiger partial charge is 0.481 e.